The van der Waals surface area contributed by atoms with Gasteiger partial charge >= 0.3 is 0 Å². The van der Waals surface area contributed by atoms with Crippen LogP contribution in [0.5, 0.6) is 0 Å². The van der Waals surface area contributed by atoms with Crippen LogP contribution in [0.4, 0.5) is 0 Å². The Hall–Kier alpha value is -1.22. The minimum Gasteiger partial charge on any atom is -0.282 e. The number of benzene rings is 1. The molecule has 2 heterocycles. The van der Waals surface area contributed by atoms with E-state index in [1.807, 2.05) is 12.1 Å². The van der Waals surface area contributed by atoms with Crippen molar-refractivity contribution >= 4 is 27.7 Å². The lowest BCUT2D eigenvalue weighted by molar-refractivity contribution is 0.0941. The number of carbonyl (C=O) groups excluding carboxylic acids is 1. The number of nitrogens with zero attached hydrogens (tertiary/aromatic N) is 1. The summed E-state index contributed by atoms with van der Waals surface area (Å²) in [5.41, 5.74) is 1.06. The van der Waals surface area contributed by atoms with E-state index in [2.05, 4.69) is 18.3 Å². The lowest BCUT2D eigenvalue weighted by atomic mass is 10.2. The zero-order chi connectivity index (χ0) is 11.8. The number of carbonyl (C=O) groups is 1. The Balaban J connectivity index is 2.20. The van der Waals surface area contributed by atoms with Crippen LogP contribution >= 0.6 is 0 Å². The van der Waals surface area contributed by atoms with Crippen molar-refractivity contribution in [2.45, 2.75) is 24.7 Å². The molecule has 0 spiro atoms. The second kappa shape index (κ2) is 4.22. The molecule has 2 aromatic rings. The highest BCUT2D eigenvalue weighted by Crippen LogP contribution is 2.31. The summed E-state index contributed by atoms with van der Waals surface area (Å²) < 4.78 is 1.80. The first-order chi connectivity index (χ1) is 8.27. The molecule has 88 valence electrons. The second-order valence-corrected chi connectivity index (χ2v) is 6.75. The highest BCUT2D eigenvalue weighted by Gasteiger charge is 2.30. The summed E-state index contributed by atoms with van der Waals surface area (Å²) in [6.07, 6.45) is 4.74. The molecule has 0 bridgehead atoms. The fraction of sp³-hybridized carbons (Fsp3) is 0.357. The van der Waals surface area contributed by atoms with Crippen LogP contribution in [0.25, 0.3) is 10.9 Å². The average Bonchev–Trinajstić information content (AvgIpc) is 2.95. The molecule has 0 N–H and O–H groups in total. The van der Waals surface area contributed by atoms with E-state index in [9.17, 15) is 4.79 Å². The van der Waals surface area contributed by atoms with Crippen LogP contribution in [0.15, 0.2) is 35.4 Å². The van der Waals surface area contributed by atoms with Crippen molar-refractivity contribution in [2.24, 2.45) is 0 Å². The maximum Gasteiger partial charge on any atom is 0.228 e. The minimum absolute atomic E-state index is 0.107. The highest BCUT2D eigenvalue weighted by molar-refractivity contribution is 7.97. The summed E-state index contributed by atoms with van der Waals surface area (Å²) in [5.74, 6) is 2.70. The highest BCUT2D eigenvalue weighted by atomic mass is 32.2. The van der Waals surface area contributed by atoms with Gasteiger partial charge in [-0.15, -0.1) is 0 Å². The van der Waals surface area contributed by atoms with E-state index in [0.717, 1.165) is 5.52 Å². The molecule has 1 aliphatic rings. The summed E-state index contributed by atoms with van der Waals surface area (Å²) in [4.78, 5) is 13.1. The van der Waals surface area contributed by atoms with Gasteiger partial charge in [0.2, 0.25) is 5.91 Å². The minimum atomic E-state index is 0.107. The zero-order valence-electron chi connectivity index (χ0n) is 9.98. The third kappa shape index (κ3) is 1.78. The molecule has 0 amide bonds. The Kier molecular flexibility index (Phi) is 2.71. The molecule has 1 aliphatic heterocycles. The molecule has 2 nitrogen and oxygen atoms in total. The zero-order valence-corrected chi connectivity index (χ0v) is 10.8. The molecule has 0 radical (unpaired) electrons. The molecule has 3 rings (SSSR count). The standard InChI is InChI=1S/C14H16NOS/c1-11(16)15-10-14(17-8-4-5-9-17)12-6-2-3-7-13(12)15/h2-3,6-7,10H,4-5,8-9H2,1H3/q+1. The van der Waals surface area contributed by atoms with Gasteiger partial charge in [0.15, 0.2) is 4.90 Å². The number of aromatic nitrogens is 1. The summed E-state index contributed by atoms with van der Waals surface area (Å²) in [6, 6.07) is 8.26. The maximum absolute atomic E-state index is 11.7. The van der Waals surface area contributed by atoms with E-state index in [1.165, 1.54) is 34.6 Å². The van der Waals surface area contributed by atoms with Gasteiger partial charge < -0.3 is 0 Å². The van der Waals surface area contributed by atoms with E-state index >= 15 is 0 Å². The van der Waals surface area contributed by atoms with Gasteiger partial charge in [-0.3, -0.25) is 9.36 Å². The lowest BCUT2D eigenvalue weighted by Crippen LogP contribution is -2.05. The number of hydrogen-bond acceptors (Lipinski definition) is 1. The largest absolute Gasteiger partial charge is 0.282 e. The molecular formula is C14H16NOS+. The van der Waals surface area contributed by atoms with Gasteiger partial charge in [0.05, 0.1) is 17.1 Å². The fourth-order valence-electron chi connectivity index (χ4n) is 2.51. The molecule has 1 aromatic carbocycles. The molecule has 0 saturated carbocycles. The van der Waals surface area contributed by atoms with Gasteiger partial charge in [0, 0.05) is 17.8 Å². The topological polar surface area (TPSA) is 22.0 Å². The smallest absolute Gasteiger partial charge is 0.228 e. The van der Waals surface area contributed by atoms with E-state index in [1.54, 1.807) is 11.5 Å². The molecule has 1 saturated heterocycles. The Morgan fingerprint density at radius 3 is 2.65 bits per heavy atom. The van der Waals surface area contributed by atoms with Gasteiger partial charge in [0.25, 0.3) is 0 Å². The monoisotopic (exact) mass is 246 g/mol. The van der Waals surface area contributed by atoms with Crippen LogP contribution in [0.2, 0.25) is 0 Å². The predicted molar refractivity (Wildman–Crippen MR) is 72.8 cm³/mol. The molecule has 0 aliphatic carbocycles. The molecule has 1 aromatic heterocycles. The SMILES string of the molecule is CC(=O)n1cc([S+]2CCCC2)c2ccccc21. The van der Waals surface area contributed by atoms with E-state index in [0.29, 0.717) is 10.9 Å². The van der Waals surface area contributed by atoms with Gasteiger partial charge in [-0.25, -0.2) is 0 Å². The number of para-hydroxylation sites is 1. The molecule has 17 heavy (non-hydrogen) atoms. The first kappa shape index (κ1) is 10.9. The Bertz CT molecular complexity index is 567. The van der Waals surface area contributed by atoms with E-state index in [4.69, 9.17) is 0 Å². The lowest BCUT2D eigenvalue weighted by Gasteiger charge is -1.96. The van der Waals surface area contributed by atoms with Crippen LogP contribution in [0.1, 0.15) is 24.6 Å². The van der Waals surface area contributed by atoms with Gasteiger partial charge in [-0.05, 0) is 25.0 Å². The van der Waals surface area contributed by atoms with Crippen LogP contribution < -0.4 is 0 Å². The van der Waals surface area contributed by atoms with Crippen molar-refractivity contribution in [3.05, 3.63) is 30.5 Å². The fourth-order valence-corrected chi connectivity index (χ4v) is 5.00. The van der Waals surface area contributed by atoms with Gasteiger partial charge in [-0.1, -0.05) is 12.1 Å². The van der Waals surface area contributed by atoms with Crippen LogP contribution in [0, 0.1) is 0 Å². The van der Waals surface area contributed by atoms with E-state index in [-0.39, 0.29) is 5.91 Å². The summed E-state index contributed by atoms with van der Waals surface area (Å²) in [6.45, 7) is 1.63. The Labute approximate surface area is 104 Å². The van der Waals surface area contributed by atoms with Crippen molar-refractivity contribution in [2.75, 3.05) is 11.5 Å². The van der Waals surface area contributed by atoms with Crippen molar-refractivity contribution in [1.82, 2.24) is 4.57 Å². The quantitative estimate of drug-likeness (QED) is 0.709. The van der Waals surface area contributed by atoms with E-state index < -0.39 is 0 Å². The summed E-state index contributed by atoms with van der Waals surface area (Å²) >= 11 is 0. The third-order valence-corrected chi connectivity index (χ3v) is 5.87. The number of hydrogen-bond donors (Lipinski definition) is 0. The normalized spacial score (nSPS) is 16.8. The van der Waals surface area contributed by atoms with Crippen molar-refractivity contribution < 1.29 is 4.79 Å². The summed E-state index contributed by atoms with van der Waals surface area (Å²) in [5, 5.41) is 1.27. The third-order valence-electron chi connectivity index (χ3n) is 3.36. The average molecular weight is 246 g/mol. The molecule has 0 atom stereocenters. The van der Waals surface area contributed by atoms with Gasteiger partial charge in [0.1, 0.15) is 11.5 Å². The molecule has 1 fully saturated rings. The first-order valence-electron chi connectivity index (χ1n) is 6.06. The number of fused-ring (bicyclic) bond motifs is 1. The molecule has 3 heteroatoms. The van der Waals surface area contributed by atoms with Crippen LogP contribution in [-0.4, -0.2) is 22.0 Å². The van der Waals surface area contributed by atoms with Crippen molar-refractivity contribution in [1.29, 1.82) is 0 Å². The van der Waals surface area contributed by atoms with Crippen LogP contribution in [-0.2, 0) is 10.9 Å². The second-order valence-electron chi connectivity index (χ2n) is 4.51. The van der Waals surface area contributed by atoms with Crippen molar-refractivity contribution in [3.8, 4) is 0 Å². The Morgan fingerprint density at radius 2 is 1.94 bits per heavy atom. The number of rotatable bonds is 1. The Morgan fingerprint density at radius 1 is 1.24 bits per heavy atom. The predicted octanol–water partition coefficient (Wildman–Crippen LogP) is 3.07. The molecule has 0 unspecified atom stereocenters. The van der Waals surface area contributed by atoms with Crippen LogP contribution in [0.3, 0.4) is 0 Å². The van der Waals surface area contributed by atoms with Gasteiger partial charge in [-0.2, -0.15) is 0 Å². The van der Waals surface area contributed by atoms with Crippen molar-refractivity contribution in [3.63, 3.8) is 0 Å². The first-order valence-corrected chi connectivity index (χ1v) is 7.62. The molecular weight excluding hydrogens is 230 g/mol. The summed E-state index contributed by atoms with van der Waals surface area (Å²) in [7, 11) is 0.366. The maximum atomic E-state index is 11.7.